The predicted molar refractivity (Wildman–Crippen MR) is 98.4 cm³/mol. The van der Waals surface area contributed by atoms with Crippen molar-refractivity contribution in [1.82, 2.24) is 4.90 Å². The molecule has 124 valence electrons. The summed E-state index contributed by atoms with van der Waals surface area (Å²) in [5.41, 5.74) is 3.46. The molecule has 25 heavy (non-hydrogen) atoms. The quantitative estimate of drug-likeness (QED) is 0.628. The van der Waals surface area contributed by atoms with Crippen molar-refractivity contribution >= 4 is 17.3 Å². The smallest absolute Gasteiger partial charge is 0.197 e. The standard InChI is InChI=1S/C22H19NO2/c24-21-17-10-4-5-11-18(17)22(25)19(21)12-13-20(23-14-6-7-15-23)16-8-2-1-3-9-16/h1-5,8-13H,6-7,14-15H2/b20-13+. The van der Waals surface area contributed by atoms with Gasteiger partial charge in [-0.2, -0.15) is 0 Å². The summed E-state index contributed by atoms with van der Waals surface area (Å²) < 4.78 is 0. The van der Waals surface area contributed by atoms with Gasteiger partial charge in [0, 0.05) is 29.9 Å². The molecule has 1 fully saturated rings. The highest BCUT2D eigenvalue weighted by atomic mass is 16.2. The number of nitrogens with zero attached hydrogens (tertiary/aromatic N) is 1. The van der Waals surface area contributed by atoms with Gasteiger partial charge in [0.25, 0.3) is 0 Å². The van der Waals surface area contributed by atoms with E-state index >= 15 is 0 Å². The predicted octanol–water partition coefficient (Wildman–Crippen LogP) is 4.13. The highest BCUT2D eigenvalue weighted by Crippen LogP contribution is 2.28. The lowest BCUT2D eigenvalue weighted by Crippen LogP contribution is -2.17. The number of ketones is 2. The third-order valence-corrected chi connectivity index (χ3v) is 4.83. The Morgan fingerprint density at radius 2 is 1.36 bits per heavy atom. The number of carbonyl (C=O) groups is 2. The van der Waals surface area contributed by atoms with Crippen molar-refractivity contribution < 1.29 is 9.59 Å². The molecule has 1 aliphatic carbocycles. The highest BCUT2D eigenvalue weighted by molar-refractivity contribution is 6.39. The van der Waals surface area contributed by atoms with Crippen LogP contribution in [-0.2, 0) is 0 Å². The van der Waals surface area contributed by atoms with Gasteiger partial charge in [-0.25, -0.2) is 0 Å². The summed E-state index contributed by atoms with van der Waals surface area (Å²) >= 11 is 0. The second-order valence-electron chi connectivity index (χ2n) is 6.40. The van der Waals surface area contributed by atoms with E-state index in [-0.39, 0.29) is 17.1 Å². The van der Waals surface area contributed by atoms with Gasteiger partial charge in [0.2, 0.25) is 0 Å². The number of carbonyl (C=O) groups excluding carboxylic acids is 2. The molecular weight excluding hydrogens is 310 g/mol. The van der Waals surface area contributed by atoms with Crippen molar-refractivity contribution in [3.63, 3.8) is 0 Å². The molecule has 0 spiro atoms. The maximum atomic E-state index is 12.5. The van der Waals surface area contributed by atoms with Crippen molar-refractivity contribution in [2.75, 3.05) is 13.1 Å². The Morgan fingerprint density at radius 3 is 1.96 bits per heavy atom. The summed E-state index contributed by atoms with van der Waals surface area (Å²) in [5, 5.41) is 0. The largest absolute Gasteiger partial charge is 0.371 e. The van der Waals surface area contributed by atoms with Crippen LogP contribution in [0, 0.1) is 0 Å². The van der Waals surface area contributed by atoms with E-state index in [1.807, 2.05) is 24.3 Å². The van der Waals surface area contributed by atoms with Crippen molar-refractivity contribution in [2.24, 2.45) is 0 Å². The lowest BCUT2D eigenvalue weighted by atomic mass is 10.1. The van der Waals surface area contributed by atoms with Crippen molar-refractivity contribution in [2.45, 2.75) is 12.8 Å². The zero-order chi connectivity index (χ0) is 17.2. The van der Waals surface area contributed by atoms with E-state index in [4.69, 9.17) is 0 Å². The normalized spacial score (nSPS) is 17.2. The molecule has 0 atom stereocenters. The van der Waals surface area contributed by atoms with Crippen LogP contribution in [0.25, 0.3) is 5.70 Å². The van der Waals surface area contributed by atoms with Gasteiger partial charge in [0.1, 0.15) is 0 Å². The van der Waals surface area contributed by atoms with E-state index in [1.54, 1.807) is 30.3 Å². The van der Waals surface area contributed by atoms with Gasteiger partial charge < -0.3 is 4.90 Å². The van der Waals surface area contributed by atoms with Crippen LogP contribution in [0.15, 0.2) is 72.3 Å². The van der Waals surface area contributed by atoms with Crippen LogP contribution in [0.5, 0.6) is 0 Å². The molecule has 0 radical (unpaired) electrons. The van der Waals surface area contributed by atoms with E-state index < -0.39 is 0 Å². The van der Waals surface area contributed by atoms with E-state index in [2.05, 4.69) is 17.0 Å². The van der Waals surface area contributed by atoms with Crippen LogP contribution >= 0.6 is 0 Å². The summed E-state index contributed by atoms with van der Waals surface area (Å²) in [6.45, 7) is 2.01. The molecule has 0 N–H and O–H groups in total. The monoisotopic (exact) mass is 329 g/mol. The second kappa shape index (κ2) is 6.52. The van der Waals surface area contributed by atoms with E-state index in [0.29, 0.717) is 11.1 Å². The molecule has 2 aromatic rings. The number of hydrogen-bond donors (Lipinski definition) is 0. The molecule has 0 amide bonds. The lowest BCUT2D eigenvalue weighted by Gasteiger charge is -2.21. The molecule has 3 nitrogen and oxygen atoms in total. The van der Waals surface area contributed by atoms with Crippen LogP contribution in [0.4, 0.5) is 0 Å². The molecule has 4 rings (SSSR count). The number of benzene rings is 2. The van der Waals surface area contributed by atoms with Crippen molar-refractivity contribution in [3.05, 3.63) is 89.0 Å². The van der Waals surface area contributed by atoms with Crippen LogP contribution < -0.4 is 0 Å². The van der Waals surface area contributed by atoms with Gasteiger partial charge >= 0.3 is 0 Å². The van der Waals surface area contributed by atoms with Crippen molar-refractivity contribution in [3.8, 4) is 0 Å². The van der Waals surface area contributed by atoms with Gasteiger partial charge in [-0.05, 0) is 30.6 Å². The maximum Gasteiger partial charge on any atom is 0.197 e. The molecule has 1 aliphatic heterocycles. The Hall–Kier alpha value is -2.94. The van der Waals surface area contributed by atoms with E-state index in [1.165, 1.54) is 12.8 Å². The number of allylic oxidation sites excluding steroid dienone is 3. The van der Waals surface area contributed by atoms with Crippen LogP contribution in [-0.4, -0.2) is 29.6 Å². The Balaban J connectivity index is 1.74. The Kier molecular flexibility index (Phi) is 4.06. The minimum Gasteiger partial charge on any atom is -0.371 e. The first-order chi connectivity index (χ1) is 12.3. The fourth-order valence-corrected chi connectivity index (χ4v) is 3.54. The molecule has 0 unspecified atom stereocenters. The molecule has 3 heteroatoms. The van der Waals surface area contributed by atoms with Crippen LogP contribution in [0.3, 0.4) is 0 Å². The van der Waals surface area contributed by atoms with E-state index in [0.717, 1.165) is 24.4 Å². The molecular formula is C22H19NO2. The summed E-state index contributed by atoms with van der Waals surface area (Å²) in [7, 11) is 0. The van der Waals surface area contributed by atoms with Crippen LogP contribution in [0.2, 0.25) is 0 Å². The summed E-state index contributed by atoms with van der Waals surface area (Å²) in [6, 6.07) is 17.2. The molecule has 1 saturated heterocycles. The van der Waals surface area contributed by atoms with Crippen molar-refractivity contribution in [1.29, 1.82) is 0 Å². The maximum absolute atomic E-state index is 12.5. The number of fused-ring (bicyclic) bond motifs is 1. The third kappa shape index (κ3) is 2.82. The van der Waals surface area contributed by atoms with Gasteiger partial charge in [-0.15, -0.1) is 0 Å². The lowest BCUT2D eigenvalue weighted by molar-refractivity contribution is 0.0989. The molecule has 2 aliphatic rings. The first-order valence-corrected chi connectivity index (χ1v) is 8.66. The fraction of sp³-hybridized carbons (Fsp3) is 0.182. The van der Waals surface area contributed by atoms with Gasteiger partial charge in [-0.3, -0.25) is 9.59 Å². The SMILES string of the molecule is O=C1C(=C/C=C(\c2ccccc2)N2CCCC2)C(=O)c2ccccc21. The number of Topliss-reactive ketones (excluding diaryl/α,β-unsaturated/α-hetero) is 2. The molecule has 2 aromatic carbocycles. The fourth-order valence-electron chi connectivity index (χ4n) is 3.54. The average molecular weight is 329 g/mol. The number of likely N-dealkylation sites (tertiary alicyclic amines) is 1. The third-order valence-electron chi connectivity index (χ3n) is 4.83. The Labute approximate surface area is 147 Å². The first kappa shape index (κ1) is 15.6. The first-order valence-electron chi connectivity index (χ1n) is 8.66. The highest BCUT2D eigenvalue weighted by Gasteiger charge is 2.32. The van der Waals surface area contributed by atoms with Crippen LogP contribution in [0.1, 0.15) is 39.1 Å². The Morgan fingerprint density at radius 1 is 0.800 bits per heavy atom. The summed E-state index contributed by atoms with van der Waals surface area (Å²) in [5.74, 6) is -0.351. The van der Waals surface area contributed by atoms with E-state index in [9.17, 15) is 9.59 Å². The Bertz CT molecular complexity index is 850. The molecule has 1 heterocycles. The molecule has 0 aromatic heterocycles. The summed E-state index contributed by atoms with van der Waals surface area (Å²) in [4.78, 5) is 27.4. The number of hydrogen-bond acceptors (Lipinski definition) is 3. The minimum atomic E-state index is -0.175. The minimum absolute atomic E-state index is 0.175. The molecule has 0 saturated carbocycles. The molecule has 0 bridgehead atoms. The second-order valence-corrected chi connectivity index (χ2v) is 6.40. The average Bonchev–Trinajstić information content (AvgIpc) is 3.26. The number of rotatable bonds is 3. The summed E-state index contributed by atoms with van der Waals surface area (Å²) in [6.07, 6.45) is 5.97. The topological polar surface area (TPSA) is 37.4 Å². The zero-order valence-electron chi connectivity index (χ0n) is 13.9. The zero-order valence-corrected chi connectivity index (χ0v) is 13.9. The van der Waals surface area contributed by atoms with Gasteiger partial charge in [0.05, 0.1) is 5.57 Å². The van der Waals surface area contributed by atoms with Gasteiger partial charge in [-0.1, -0.05) is 54.6 Å². The van der Waals surface area contributed by atoms with Gasteiger partial charge in [0.15, 0.2) is 11.6 Å².